The molecule has 0 heterocycles. The third-order valence-electron chi connectivity index (χ3n) is 3.61. The molecule has 0 aromatic heterocycles. The lowest BCUT2D eigenvalue weighted by Crippen LogP contribution is -2.38. The minimum Gasteiger partial charge on any atom is -0.508 e. The van der Waals surface area contributed by atoms with Crippen molar-refractivity contribution in [1.82, 2.24) is 10.6 Å². The Labute approximate surface area is 160 Å². The maximum atomic E-state index is 9.92. The van der Waals surface area contributed by atoms with Gasteiger partial charge < -0.3 is 20.5 Å². The second-order valence-corrected chi connectivity index (χ2v) is 5.20. The number of phenolic OH excluding ortho intramolecular Hbond substituents is 1. The molecule has 6 heteroatoms. The molecule has 0 aliphatic carbocycles. The number of hydrogen-bond donors (Lipinski definition) is 3. The largest absolute Gasteiger partial charge is 0.508 e. The topological polar surface area (TPSA) is 65.9 Å². The highest BCUT2D eigenvalue weighted by molar-refractivity contribution is 14.0. The Morgan fingerprint density at radius 2 is 1.92 bits per heavy atom. The predicted octanol–water partition coefficient (Wildman–Crippen LogP) is 3.45. The average molecular weight is 441 g/mol. The van der Waals surface area contributed by atoms with Crippen molar-refractivity contribution in [3.8, 4) is 11.5 Å². The van der Waals surface area contributed by atoms with Crippen LogP contribution in [0.15, 0.2) is 53.5 Å². The average Bonchev–Trinajstić information content (AvgIpc) is 2.60. The summed E-state index contributed by atoms with van der Waals surface area (Å²) in [5, 5.41) is 16.4. The van der Waals surface area contributed by atoms with Crippen molar-refractivity contribution in [2.24, 2.45) is 4.99 Å². The zero-order chi connectivity index (χ0) is 16.7. The number of hydrogen-bond acceptors (Lipinski definition) is 3. The van der Waals surface area contributed by atoms with Gasteiger partial charge in [0, 0.05) is 19.2 Å². The van der Waals surface area contributed by atoms with Crippen molar-refractivity contribution in [1.29, 1.82) is 0 Å². The minimum atomic E-state index is 0. The van der Waals surface area contributed by atoms with Crippen LogP contribution in [-0.2, 0) is 6.54 Å². The Bertz CT molecular complexity index is 663. The maximum Gasteiger partial charge on any atom is 0.191 e. The van der Waals surface area contributed by atoms with E-state index in [1.54, 1.807) is 32.4 Å². The molecule has 0 bridgehead atoms. The van der Waals surface area contributed by atoms with E-state index in [0.717, 1.165) is 5.56 Å². The van der Waals surface area contributed by atoms with Crippen LogP contribution >= 0.6 is 24.0 Å². The van der Waals surface area contributed by atoms with E-state index in [1.807, 2.05) is 18.2 Å². The van der Waals surface area contributed by atoms with Gasteiger partial charge >= 0.3 is 0 Å². The van der Waals surface area contributed by atoms with Gasteiger partial charge in [-0.3, -0.25) is 4.99 Å². The number of aromatic hydroxyl groups is 1. The second-order valence-electron chi connectivity index (χ2n) is 5.20. The van der Waals surface area contributed by atoms with E-state index in [9.17, 15) is 5.11 Å². The molecule has 0 spiro atoms. The SMILES string of the molecule is CN=C(NCc1cc(OC)ccc1O)NC(C)c1ccccc1.I. The number of benzene rings is 2. The third kappa shape index (κ3) is 5.59. The van der Waals surface area contributed by atoms with Crippen molar-refractivity contribution in [2.45, 2.75) is 19.5 Å². The molecule has 0 aliphatic rings. The summed E-state index contributed by atoms with van der Waals surface area (Å²) >= 11 is 0. The van der Waals surface area contributed by atoms with Gasteiger partial charge in [-0.15, -0.1) is 24.0 Å². The summed E-state index contributed by atoms with van der Waals surface area (Å²) in [6.07, 6.45) is 0. The van der Waals surface area contributed by atoms with Gasteiger partial charge in [-0.05, 0) is 30.7 Å². The number of methoxy groups -OCH3 is 1. The van der Waals surface area contributed by atoms with Crippen LogP contribution < -0.4 is 15.4 Å². The fourth-order valence-electron chi connectivity index (χ4n) is 2.23. The molecule has 2 rings (SSSR count). The number of phenols is 1. The van der Waals surface area contributed by atoms with Crippen LogP contribution in [0.3, 0.4) is 0 Å². The summed E-state index contributed by atoms with van der Waals surface area (Å²) in [4.78, 5) is 4.22. The van der Waals surface area contributed by atoms with Crippen molar-refractivity contribution < 1.29 is 9.84 Å². The van der Waals surface area contributed by atoms with Gasteiger partial charge in [-0.25, -0.2) is 0 Å². The molecule has 24 heavy (non-hydrogen) atoms. The molecule has 0 saturated carbocycles. The Kier molecular flexibility index (Phi) is 8.39. The Morgan fingerprint density at radius 1 is 1.21 bits per heavy atom. The van der Waals surface area contributed by atoms with E-state index >= 15 is 0 Å². The molecule has 1 atom stereocenters. The minimum absolute atomic E-state index is 0. The Hall–Kier alpha value is -1.96. The van der Waals surface area contributed by atoms with E-state index in [4.69, 9.17) is 4.74 Å². The first-order chi connectivity index (χ1) is 11.1. The van der Waals surface area contributed by atoms with E-state index < -0.39 is 0 Å². The second kappa shape index (κ2) is 10.0. The number of guanidine groups is 1. The standard InChI is InChI=1S/C18H23N3O2.HI/c1-13(14-7-5-4-6-8-14)21-18(19-2)20-12-15-11-16(23-3)9-10-17(15)22;/h4-11,13,22H,12H2,1-3H3,(H2,19,20,21);1H. The maximum absolute atomic E-state index is 9.92. The van der Waals surface area contributed by atoms with E-state index in [-0.39, 0.29) is 35.8 Å². The van der Waals surface area contributed by atoms with Crippen LogP contribution in [0.2, 0.25) is 0 Å². The first-order valence-corrected chi connectivity index (χ1v) is 7.52. The third-order valence-corrected chi connectivity index (χ3v) is 3.61. The van der Waals surface area contributed by atoms with Gasteiger partial charge in [0.1, 0.15) is 11.5 Å². The normalized spacial score (nSPS) is 12.0. The molecule has 0 fully saturated rings. The van der Waals surface area contributed by atoms with E-state index in [2.05, 4.69) is 34.7 Å². The summed E-state index contributed by atoms with van der Waals surface area (Å²) in [7, 11) is 3.32. The van der Waals surface area contributed by atoms with Crippen LogP contribution in [0.5, 0.6) is 11.5 Å². The van der Waals surface area contributed by atoms with Crippen LogP contribution in [-0.4, -0.2) is 25.2 Å². The van der Waals surface area contributed by atoms with Crippen LogP contribution in [0.4, 0.5) is 0 Å². The van der Waals surface area contributed by atoms with Gasteiger partial charge in [-0.1, -0.05) is 30.3 Å². The van der Waals surface area contributed by atoms with Crippen molar-refractivity contribution >= 4 is 29.9 Å². The Balaban J connectivity index is 0.00000288. The van der Waals surface area contributed by atoms with Gasteiger partial charge in [0.2, 0.25) is 0 Å². The van der Waals surface area contributed by atoms with E-state index in [1.165, 1.54) is 5.56 Å². The van der Waals surface area contributed by atoms with Crippen molar-refractivity contribution in [3.63, 3.8) is 0 Å². The number of rotatable bonds is 5. The van der Waals surface area contributed by atoms with Gasteiger partial charge in [0.25, 0.3) is 0 Å². The molecule has 0 saturated heterocycles. The van der Waals surface area contributed by atoms with Gasteiger partial charge in [-0.2, -0.15) is 0 Å². The summed E-state index contributed by atoms with van der Waals surface area (Å²) in [6, 6.07) is 15.4. The fraction of sp³-hybridized carbons (Fsp3) is 0.278. The van der Waals surface area contributed by atoms with Crippen LogP contribution in [0.1, 0.15) is 24.1 Å². The highest BCUT2D eigenvalue weighted by Gasteiger charge is 2.08. The molecule has 0 radical (unpaired) electrons. The molecule has 3 N–H and O–H groups in total. The zero-order valence-electron chi connectivity index (χ0n) is 14.1. The number of aliphatic imine (C=N–C) groups is 1. The highest BCUT2D eigenvalue weighted by Crippen LogP contribution is 2.22. The molecule has 130 valence electrons. The molecule has 0 aliphatic heterocycles. The number of nitrogens with zero attached hydrogens (tertiary/aromatic N) is 1. The predicted molar refractivity (Wildman–Crippen MR) is 108 cm³/mol. The highest BCUT2D eigenvalue weighted by atomic mass is 127. The molecule has 1 unspecified atom stereocenters. The molecule has 2 aromatic rings. The number of ether oxygens (including phenoxy) is 1. The van der Waals surface area contributed by atoms with Gasteiger partial charge in [0.15, 0.2) is 5.96 Å². The lowest BCUT2D eigenvalue weighted by molar-refractivity contribution is 0.410. The first kappa shape index (κ1) is 20.1. The number of halogens is 1. The molecule has 0 amide bonds. The first-order valence-electron chi connectivity index (χ1n) is 7.52. The zero-order valence-corrected chi connectivity index (χ0v) is 16.4. The molecule has 2 aromatic carbocycles. The fourth-order valence-corrected chi connectivity index (χ4v) is 2.23. The monoisotopic (exact) mass is 441 g/mol. The summed E-state index contributed by atoms with van der Waals surface area (Å²) in [5.74, 6) is 1.61. The van der Waals surface area contributed by atoms with Crippen LogP contribution in [0.25, 0.3) is 0 Å². The number of nitrogens with one attached hydrogen (secondary N) is 2. The van der Waals surface area contributed by atoms with Crippen molar-refractivity contribution in [3.05, 3.63) is 59.7 Å². The van der Waals surface area contributed by atoms with Crippen molar-refractivity contribution in [2.75, 3.05) is 14.2 Å². The summed E-state index contributed by atoms with van der Waals surface area (Å²) in [6.45, 7) is 2.52. The summed E-state index contributed by atoms with van der Waals surface area (Å²) < 4.78 is 5.18. The molecule has 5 nitrogen and oxygen atoms in total. The lowest BCUT2D eigenvalue weighted by atomic mass is 10.1. The van der Waals surface area contributed by atoms with Gasteiger partial charge in [0.05, 0.1) is 13.2 Å². The lowest BCUT2D eigenvalue weighted by Gasteiger charge is -2.18. The summed E-state index contributed by atoms with van der Waals surface area (Å²) in [5.41, 5.74) is 1.93. The smallest absolute Gasteiger partial charge is 0.191 e. The van der Waals surface area contributed by atoms with E-state index in [0.29, 0.717) is 18.3 Å². The van der Waals surface area contributed by atoms with Crippen LogP contribution in [0, 0.1) is 0 Å². The Morgan fingerprint density at radius 3 is 2.54 bits per heavy atom. The molecular formula is C18H24IN3O2. The quantitative estimate of drug-likeness (QED) is 0.378. The molecular weight excluding hydrogens is 417 g/mol.